The third-order valence-electron chi connectivity index (χ3n) is 14.3. The van der Waals surface area contributed by atoms with Crippen molar-refractivity contribution in [3.8, 4) is 0 Å². The lowest BCUT2D eigenvalue weighted by Gasteiger charge is -2.76. The van der Waals surface area contributed by atoms with Gasteiger partial charge in [0.05, 0.1) is 0 Å². The van der Waals surface area contributed by atoms with Crippen LogP contribution in [0.3, 0.4) is 0 Å². The molecule has 0 aromatic rings. The first-order valence-corrected chi connectivity index (χ1v) is 14.4. The molecule has 6 N–H and O–H groups in total. The smallest absolute Gasteiger partial charge is 0.275 e. The average molecular weight is 509 g/mol. The van der Waals surface area contributed by atoms with E-state index in [4.69, 9.17) is 0 Å². The predicted molar refractivity (Wildman–Crippen MR) is 137 cm³/mol. The van der Waals surface area contributed by atoms with Crippen LogP contribution in [0.4, 0.5) is 0 Å². The highest BCUT2D eigenvalue weighted by Crippen LogP contribution is 2.79. The molecular formula is C30H52O6. The van der Waals surface area contributed by atoms with Crippen LogP contribution in [0.25, 0.3) is 0 Å². The third kappa shape index (κ3) is 2.75. The van der Waals surface area contributed by atoms with E-state index in [0.29, 0.717) is 29.1 Å². The van der Waals surface area contributed by atoms with Crippen molar-refractivity contribution in [2.45, 2.75) is 131 Å². The Hall–Kier alpha value is -0.240. The fourth-order valence-electron chi connectivity index (χ4n) is 11.5. The molecule has 5 aliphatic rings. The maximum atomic E-state index is 11.6. The number of hydrogen-bond acceptors (Lipinski definition) is 6. The van der Waals surface area contributed by atoms with Gasteiger partial charge in [-0.25, -0.2) is 0 Å². The summed E-state index contributed by atoms with van der Waals surface area (Å²) in [4.78, 5) is 0. The van der Waals surface area contributed by atoms with Gasteiger partial charge in [-0.2, -0.15) is 0 Å². The zero-order valence-electron chi connectivity index (χ0n) is 23.9. The molecule has 0 amide bonds. The second-order valence-electron chi connectivity index (χ2n) is 16.3. The Morgan fingerprint density at radius 3 is 1.69 bits per heavy atom. The molecule has 6 heteroatoms. The molecule has 0 heterocycles. The molecule has 5 fully saturated rings. The lowest BCUT2D eigenvalue weighted by Crippen LogP contribution is -2.86. The third-order valence-corrected chi connectivity index (χ3v) is 14.3. The van der Waals surface area contributed by atoms with Gasteiger partial charge >= 0.3 is 0 Å². The quantitative estimate of drug-likeness (QED) is 0.273. The Morgan fingerprint density at radius 1 is 0.500 bits per heavy atom. The molecule has 1 unspecified atom stereocenters. The molecule has 208 valence electrons. The van der Waals surface area contributed by atoms with E-state index in [1.807, 2.05) is 0 Å². The summed E-state index contributed by atoms with van der Waals surface area (Å²) < 4.78 is 0. The van der Waals surface area contributed by atoms with E-state index < -0.39 is 34.1 Å². The molecule has 0 aromatic carbocycles. The summed E-state index contributed by atoms with van der Waals surface area (Å²) in [7, 11) is 0. The van der Waals surface area contributed by atoms with Gasteiger partial charge in [-0.1, -0.05) is 55.4 Å². The van der Waals surface area contributed by atoms with Gasteiger partial charge in [-0.05, 0) is 103 Å². The van der Waals surface area contributed by atoms with Crippen LogP contribution in [0, 0.1) is 56.2 Å². The lowest BCUT2D eigenvalue weighted by atomic mass is 9.30. The van der Waals surface area contributed by atoms with Crippen LogP contribution in [-0.2, 0) is 0 Å². The van der Waals surface area contributed by atoms with Crippen LogP contribution in [0.15, 0.2) is 0 Å². The Balaban J connectivity index is 1.62. The van der Waals surface area contributed by atoms with Crippen molar-refractivity contribution in [1.82, 2.24) is 0 Å². The summed E-state index contributed by atoms with van der Waals surface area (Å²) in [5.41, 5.74) is -2.25. The van der Waals surface area contributed by atoms with Crippen molar-refractivity contribution < 1.29 is 30.6 Å². The molecule has 5 aliphatic carbocycles. The van der Waals surface area contributed by atoms with E-state index >= 15 is 0 Å². The van der Waals surface area contributed by atoms with Crippen molar-refractivity contribution in [2.75, 3.05) is 0 Å². The van der Waals surface area contributed by atoms with Gasteiger partial charge in [-0.15, -0.1) is 0 Å². The Labute approximate surface area is 217 Å². The molecule has 0 bridgehead atoms. The second-order valence-corrected chi connectivity index (χ2v) is 16.3. The minimum atomic E-state index is -3.50. The number of hydrogen-bond donors (Lipinski definition) is 6. The maximum absolute atomic E-state index is 11.6. The van der Waals surface area contributed by atoms with E-state index in [-0.39, 0.29) is 16.7 Å². The normalized spacial score (nSPS) is 53.8. The van der Waals surface area contributed by atoms with Crippen LogP contribution in [-0.4, -0.2) is 48.0 Å². The fraction of sp³-hybridized carbons (Fsp3) is 1.00. The molecule has 5 saturated carbocycles. The first-order valence-electron chi connectivity index (χ1n) is 14.4. The molecule has 5 rings (SSSR count). The lowest BCUT2D eigenvalue weighted by molar-refractivity contribution is -0.540. The van der Waals surface area contributed by atoms with Crippen LogP contribution >= 0.6 is 0 Å². The zero-order chi connectivity index (χ0) is 27.2. The number of rotatable bonds is 0. The van der Waals surface area contributed by atoms with Gasteiger partial charge in [0.1, 0.15) is 0 Å². The van der Waals surface area contributed by atoms with Crippen LogP contribution in [0.5, 0.6) is 0 Å². The Morgan fingerprint density at radius 2 is 1.08 bits per heavy atom. The largest absolute Gasteiger partial charge is 0.361 e. The van der Waals surface area contributed by atoms with Gasteiger partial charge in [0.15, 0.2) is 0 Å². The van der Waals surface area contributed by atoms with Gasteiger partial charge < -0.3 is 30.6 Å². The Bertz CT molecular complexity index is 938. The van der Waals surface area contributed by atoms with Gasteiger partial charge in [0.25, 0.3) is 5.79 Å². The SMILES string of the molecule is CC1(C)CC[C@]2(C)CC[C@]3(C)[C@H](CC[C@@H]4[C@]5(C)C(CC[C@]43C)C(C)(C)C(O)(O)C(O)(O)C5(O)O)[C@H]2C1. The average Bonchev–Trinajstić information content (AvgIpc) is 2.74. The molecule has 8 atom stereocenters. The minimum absolute atomic E-state index is 0.0117. The predicted octanol–water partition coefficient (Wildman–Crippen LogP) is 4.15. The summed E-state index contributed by atoms with van der Waals surface area (Å²) in [6.07, 6.45) is 9.25. The van der Waals surface area contributed by atoms with Crippen molar-refractivity contribution in [3.63, 3.8) is 0 Å². The molecule has 36 heavy (non-hydrogen) atoms. The molecule has 0 saturated heterocycles. The van der Waals surface area contributed by atoms with Gasteiger partial charge in [0, 0.05) is 10.8 Å². The molecule has 0 spiro atoms. The molecule has 0 aliphatic heterocycles. The van der Waals surface area contributed by atoms with Gasteiger partial charge in [-0.3, -0.25) is 0 Å². The van der Waals surface area contributed by atoms with Crippen molar-refractivity contribution in [3.05, 3.63) is 0 Å². The minimum Gasteiger partial charge on any atom is -0.361 e. The van der Waals surface area contributed by atoms with Crippen molar-refractivity contribution >= 4 is 0 Å². The van der Waals surface area contributed by atoms with E-state index in [1.165, 1.54) is 25.7 Å². The van der Waals surface area contributed by atoms with E-state index in [2.05, 4.69) is 34.6 Å². The summed E-state index contributed by atoms with van der Waals surface area (Å²) >= 11 is 0. The molecule has 0 aromatic heterocycles. The highest BCUT2D eigenvalue weighted by atomic mass is 16.7. The Kier molecular flexibility index (Phi) is 5.38. The molecule has 0 radical (unpaired) electrons. The van der Waals surface area contributed by atoms with Crippen molar-refractivity contribution in [1.29, 1.82) is 0 Å². The summed E-state index contributed by atoms with van der Waals surface area (Å²) in [5, 5.41) is 67.2. The van der Waals surface area contributed by atoms with E-state index in [1.54, 1.807) is 20.8 Å². The first kappa shape index (κ1) is 27.3. The van der Waals surface area contributed by atoms with Gasteiger partial charge in [0.2, 0.25) is 11.6 Å². The number of fused-ring (bicyclic) bond motifs is 7. The van der Waals surface area contributed by atoms with Crippen LogP contribution < -0.4 is 0 Å². The zero-order valence-corrected chi connectivity index (χ0v) is 23.9. The maximum Gasteiger partial charge on any atom is 0.275 e. The number of aliphatic hydroxyl groups is 6. The van der Waals surface area contributed by atoms with Crippen LogP contribution in [0.1, 0.15) is 113 Å². The van der Waals surface area contributed by atoms with Crippen LogP contribution in [0.2, 0.25) is 0 Å². The highest BCUT2D eigenvalue weighted by molar-refractivity contribution is 5.25. The molecule has 6 nitrogen and oxygen atoms in total. The fourth-order valence-corrected chi connectivity index (χ4v) is 11.5. The summed E-state index contributed by atoms with van der Waals surface area (Å²) in [5.74, 6) is -9.19. The monoisotopic (exact) mass is 508 g/mol. The van der Waals surface area contributed by atoms with E-state index in [9.17, 15) is 30.6 Å². The molecular weight excluding hydrogens is 456 g/mol. The first-order chi connectivity index (χ1) is 16.1. The van der Waals surface area contributed by atoms with E-state index in [0.717, 1.165) is 25.7 Å². The van der Waals surface area contributed by atoms with Crippen molar-refractivity contribution in [2.24, 2.45) is 56.2 Å². The highest BCUT2D eigenvalue weighted by Gasteiger charge is 2.84. The standard InChI is InChI=1S/C30H52O6/c1-22(2)13-14-24(5)15-16-25(6)18(19(24)17-22)9-10-21-26(25,7)12-11-20-23(3,4)28(31,32)30(35,36)29(33,34)27(20,21)8/h18-21,31-36H,9-17H2,1-8H3/t18-,19-,20?,21+,24-,25-,26-,27+/m1/s1. The second kappa shape index (κ2) is 7.09. The summed E-state index contributed by atoms with van der Waals surface area (Å²) in [6.45, 7) is 17.1. The summed E-state index contributed by atoms with van der Waals surface area (Å²) in [6, 6.07) is 0. The topological polar surface area (TPSA) is 121 Å².